The second-order valence-corrected chi connectivity index (χ2v) is 5.27. The number of carbonyl (C=O) groups excluding carboxylic acids is 2. The Balaban J connectivity index is 3.07. The Bertz CT molecular complexity index is 501. The van der Waals surface area contributed by atoms with Crippen molar-refractivity contribution in [2.45, 2.75) is 20.3 Å². The molecule has 18 heavy (non-hydrogen) atoms. The van der Waals surface area contributed by atoms with Crippen LogP contribution in [0.2, 0.25) is 0 Å². The normalized spacial score (nSPS) is 10.3. The molecule has 0 atom stereocenters. The molecule has 0 aliphatic carbocycles. The van der Waals surface area contributed by atoms with E-state index < -0.39 is 24.0 Å². The van der Waals surface area contributed by atoms with Gasteiger partial charge in [-0.25, -0.2) is 4.39 Å². The number of esters is 1. The Labute approximate surface area is 121 Å². The highest BCUT2D eigenvalue weighted by molar-refractivity contribution is 9.11. The molecule has 98 valence electrons. The molecule has 0 aliphatic rings. The van der Waals surface area contributed by atoms with E-state index in [1.54, 1.807) is 6.92 Å². The van der Waals surface area contributed by atoms with Crippen LogP contribution >= 0.6 is 31.9 Å². The summed E-state index contributed by atoms with van der Waals surface area (Å²) in [7, 11) is 0. The Morgan fingerprint density at radius 1 is 1.33 bits per heavy atom. The number of hydrogen-bond acceptors (Lipinski definition) is 3. The molecule has 0 fully saturated rings. The Hall–Kier alpha value is -0.750. The summed E-state index contributed by atoms with van der Waals surface area (Å²) in [5.74, 6) is -1.59. The van der Waals surface area contributed by atoms with E-state index in [-0.39, 0.29) is 22.2 Å². The summed E-state index contributed by atoms with van der Waals surface area (Å²) in [6.45, 7) is 3.35. The maximum Gasteiger partial charge on any atom is 0.313 e. The highest BCUT2D eigenvalue weighted by Crippen LogP contribution is 2.30. The number of Topliss-reactive ketones (excluding diaryl/α,β-unsaturated/α-hetero) is 1. The van der Waals surface area contributed by atoms with Crippen LogP contribution in [0.1, 0.15) is 29.3 Å². The van der Waals surface area contributed by atoms with Crippen LogP contribution in [0.5, 0.6) is 0 Å². The van der Waals surface area contributed by atoms with E-state index in [9.17, 15) is 14.0 Å². The molecule has 1 rings (SSSR count). The maximum absolute atomic E-state index is 13.7. The van der Waals surface area contributed by atoms with E-state index in [2.05, 4.69) is 36.6 Å². The topological polar surface area (TPSA) is 43.4 Å². The van der Waals surface area contributed by atoms with Crippen LogP contribution in [0.4, 0.5) is 4.39 Å². The summed E-state index contributed by atoms with van der Waals surface area (Å²) in [6, 6.07) is 1.45. The van der Waals surface area contributed by atoms with Gasteiger partial charge in [-0.05, 0) is 57.3 Å². The summed E-state index contributed by atoms with van der Waals surface area (Å²) >= 11 is 6.24. The lowest BCUT2D eigenvalue weighted by atomic mass is 10.0. The number of benzene rings is 1. The summed E-state index contributed by atoms with van der Waals surface area (Å²) in [5.41, 5.74) is 0.370. The Morgan fingerprint density at radius 2 is 1.94 bits per heavy atom. The number of ether oxygens (including phenoxy) is 1. The average Bonchev–Trinajstić information content (AvgIpc) is 2.26. The molecule has 0 spiro atoms. The second kappa shape index (κ2) is 6.43. The van der Waals surface area contributed by atoms with Gasteiger partial charge in [-0.1, -0.05) is 0 Å². The number of carbonyl (C=O) groups is 2. The number of ketones is 1. The first-order valence-corrected chi connectivity index (χ1v) is 6.80. The smallest absolute Gasteiger partial charge is 0.313 e. The summed E-state index contributed by atoms with van der Waals surface area (Å²) < 4.78 is 19.1. The van der Waals surface area contributed by atoms with Gasteiger partial charge in [0.1, 0.15) is 12.2 Å². The zero-order valence-electron chi connectivity index (χ0n) is 9.85. The van der Waals surface area contributed by atoms with Gasteiger partial charge in [0.05, 0.1) is 11.1 Å². The molecule has 0 saturated carbocycles. The molecule has 0 unspecified atom stereocenters. The van der Waals surface area contributed by atoms with E-state index in [0.717, 1.165) is 0 Å². The second-order valence-electron chi connectivity index (χ2n) is 3.56. The summed E-state index contributed by atoms with van der Waals surface area (Å²) in [6.07, 6.45) is -0.394. The van der Waals surface area contributed by atoms with Crippen molar-refractivity contribution in [1.29, 1.82) is 0 Å². The van der Waals surface area contributed by atoms with E-state index in [0.29, 0.717) is 4.47 Å². The van der Waals surface area contributed by atoms with Crippen molar-refractivity contribution in [3.63, 3.8) is 0 Å². The van der Waals surface area contributed by atoms with E-state index in [4.69, 9.17) is 0 Å². The van der Waals surface area contributed by atoms with Crippen LogP contribution < -0.4 is 0 Å². The predicted molar refractivity (Wildman–Crippen MR) is 72.1 cm³/mol. The van der Waals surface area contributed by atoms with Crippen LogP contribution in [0.25, 0.3) is 0 Å². The average molecular weight is 382 g/mol. The minimum atomic E-state index is -0.614. The first kappa shape index (κ1) is 15.3. The van der Waals surface area contributed by atoms with Gasteiger partial charge in [-0.2, -0.15) is 0 Å². The third-order valence-electron chi connectivity index (χ3n) is 2.30. The largest absolute Gasteiger partial charge is 0.466 e. The Kier molecular flexibility index (Phi) is 5.47. The third-order valence-corrected chi connectivity index (χ3v) is 3.50. The molecule has 1 aromatic carbocycles. The Morgan fingerprint density at radius 3 is 2.50 bits per heavy atom. The molecule has 0 N–H and O–H groups in total. The molecular formula is C12H11Br2FO3. The van der Waals surface area contributed by atoms with Crippen LogP contribution in [0.3, 0.4) is 0 Å². The maximum atomic E-state index is 13.7. The quantitative estimate of drug-likeness (QED) is 0.345. The first-order chi connectivity index (χ1) is 8.38. The van der Waals surface area contributed by atoms with Gasteiger partial charge in [0, 0.05) is 10.0 Å². The molecular weight excluding hydrogens is 371 g/mol. The lowest BCUT2D eigenvalue weighted by Gasteiger charge is -2.09. The zero-order chi connectivity index (χ0) is 13.9. The van der Waals surface area contributed by atoms with Crippen molar-refractivity contribution >= 4 is 43.6 Å². The van der Waals surface area contributed by atoms with Gasteiger partial charge in [0.25, 0.3) is 0 Å². The van der Waals surface area contributed by atoms with Crippen molar-refractivity contribution in [1.82, 2.24) is 0 Å². The molecule has 0 radical (unpaired) electrons. The standard InChI is InChI=1S/C12H11Br2FO3/c1-3-18-10(17)5-9(16)11-6(2)12(15)8(14)4-7(11)13/h4H,3,5H2,1-2H3. The van der Waals surface area contributed by atoms with Crippen molar-refractivity contribution in [3.05, 3.63) is 32.0 Å². The third kappa shape index (κ3) is 3.38. The number of hydrogen-bond donors (Lipinski definition) is 0. The van der Waals surface area contributed by atoms with E-state index in [1.807, 2.05) is 0 Å². The molecule has 0 aromatic heterocycles. The zero-order valence-corrected chi connectivity index (χ0v) is 13.0. The number of halogens is 3. The van der Waals surface area contributed by atoms with Crippen LogP contribution in [0, 0.1) is 12.7 Å². The molecule has 0 aliphatic heterocycles. The fourth-order valence-corrected chi connectivity index (χ4v) is 3.07. The minimum Gasteiger partial charge on any atom is -0.466 e. The van der Waals surface area contributed by atoms with Crippen molar-refractivity contribution < 1.29 is 18.7 Å². The fraction of sp³-hybridized carbons (Fsp3) is 0.333. The van der Waals surface area contributed by atoms with Gasteiger partial charge in [0.15, 0.2) is 5.78 Å². The molecule has 0 bridgehead atoms. The van der Waals surface area contributed by atoms with Crippen molar-refractivity contribution in [2.24, 2.45) is 0 Å². The van der Waals surface area contributed by atoms with Crippen molar-refractivity contribution in [3.8, 4) is 0 Å². The molecule has 1 aromatic rings. The van der Waals surface area contributed by atoms with Crippen LogP contribution in [-0.4, -0.2) is 18.4 Å². The van der Waals surface area contributed by atoms with Crippen LogP contribution in [-0.2, 0) is 9.53 Å². The minimum absolute atomic E-state index is 0.170. The molecule has 0 saturated heterocycles. The highest BCUT2D eigenvalue weighted by atomic mass is 79.9. The lowest BCUT2D eigenvalue weighted by molar-refractivity contribution is -0.141. The van der Waals surface area contributed by atoms with Gasteiger partial charge in [0.2, 0.25) is 0 Å². The molecule has 0 amide bonds. The van der Waals surface area contributed by atoms with Crippen LogP contribution in [0.15, 0.2) is 15.0 Å². The van der Waals surface area contributed by atoms with E-state index in [1.165, 1.54) is 13.0 Å². The molecule has 6 heteroatoms. The summed E-state index contributed by atoms with van der Waals surface area (Å²) in [4.78, 5) is 23.2. The molecule has 3 nitrogen and oxygen atoms in total. The van der Waals surface area contributed by atoms with E-state index >= 15 is 0 Å². The van der Waals surface area contributed by atoms with Gasteiger partial charge in [-0.3, -0.25) is 9.59 Å². The fourth-order valence-electron chi connectivity index (χ4n) is 1.49. The summed E-state index contributed by atoms with van der Waals surface area (Å²) in [5, 5.41) is 0. The SMILES string of the molecule is CCOC(=O)CC(=O)c1c(Br)cc(Br)c(F)c1C. The predicted octanol–water partition coefficient (Wildman–Crippen LogP) is 3.80. The lowest BCUT2D eigenvalue weighted by Crippen LogP contribution is -2.13. The number of rotatable bonds is 4. The van der Waals surface area contributed by atoms with Crippen molar-refractivity contribution in [2.75, 3.05) is 6.61 Å². The monoisotopic (exact) mass is 380 g/mol. The first-order valence-electron chi connectivity index (χ1n) is 5.21. The highest BCUT2D eigenvalue weighted by Gasteiger charge is 2.21. The van der Waals surface area contributed by atoms with Gasteiger partial charge in [-0.15, -0.1) is 0 Å². The van der Waals surface area contributed by atoms with Gasteiger partial charge >= 0.3 is 5.97 Å². The molecule has 0 heterocycles. The van der Waals surface area contributed by atoms with Gasteiger partial charge < -0.3 is 4.74 Å².